The lowest BCUT2D eigenvalue weighted by Gasteiger charge is -2.35. The van der Waals surface area contributed by atoms with E-state index in [9.17, 15) is 19.8 Å². The van der Waals surface area contributed by atoms with E-state index in [-0.39, 0.29) is 52.0 Å². The van der Waals surface area contributed by atoms with Crippen molar-refractivity contribution < 1.29 is 29.4 Å². The maximum Gasteiger partial charge on any atom is 0.202 e. The fourth-order valence-electron chi connectivity index (χ4n) is 4.99. The van der Waals surface area contributed by atoms with Crippen LogP contribution in [-0.2, 0) is 16.0 Å². The topological polar surface area (TPSA) is 117 Å². The summed E-state index contributed by atoms with van der Waals surface area (Å²) in [6.45, 7) is 9.52. The molecule has 8 heteroatoms. The standard InChI is InChI=1S/C24H26N2O6/c1-6-11-17(14(7-2)31-5)23(30)19-18(20(11)27)21(28)12-10-24(4)15(26-32-8-3)9-13(25-24)16(12)22(19)29/h6-7,13,25,28-29H,1,8-10H2,2-5H3/b14-7+,26-15?. The zero-order chi connectivity index (χ0) is 23.4. The number of fused-ring (bicyclic) bond motifs is 5. The molecule has 2 aliphatic heterocycles. The van der Waals surface area contributed by atoms with Gasteiger partial charge in [0.1, 0.15) is 23.9 Å². The summed E-state index contributed by atoms with van der Waals surface area (Å²) in [4.78, 5) is 32.1. The number of nitrogens with one attached hydrogen (secondary N) is 1. The van der Waals surface area contributed by atoms with Gasteiger partial charge in [-0.2, -0.15) is 0 Å². The van der Waals surface area contributed by atoms with Gasteiger partial charge in [-0.25, -0.2) is 0 Å². The first-order chi connectivity index (χ1) is 15.2. The van der Waals surface area contributed by atoms with Crippen molar-refractivity contribution in [2.75, 3.05) is 13.7 Å². The molecule has 32 heavy (non-hydrogen) atoms. The van der Waals surface area contributed by atoms with Gasteiger partial charge in [0, 0.05) is 29.2 Å². The maximum absolute atomic E-state index is 13.5. The van der Waals surface area contributed by atoms with Crippen molar-refractivity contribution >= 4 is 17.3 Å². The monoisotopic (exact) mass is 438 g/mol. The first kappa shape index (κ1) is 21.8. The summed E-state index contributed by atoms with van der Waals surface area (Å²) >= 11 is 0. The van der Waals surface area contributed by atoms with Crippen LogP contribution >= 0.6 is 0 Å². The fraction of sp³-hybridized carbons (Fsp3) is 0.375. The lowest BCUT2D eigenvalue weighted by Crippen LogP contribution is -2.48. The highest BCUT2D eigenvalue weighted by atomic mass is 16.6. The molecule has 0 saturated carbocycles. The fourth-order valence-corrected chi connectivity index (χ4v) is 4.99. The number of aromatic hydroxyl groups is 2. The number of oxime groups is 1. The molecular formula is C24H26N2O6. The molecule has 0 radical (unpaired) electrons. The number of ether oxygens (including phenoxy) is 1. The average molecular weight is 438 g/mol. The molecule has 0 aromatic heterocycles. The number of rotatable bonds is 5. The molecule has 1 aliphatic carbocycles. The smallest absolute Gasteiger partial charge is 0.202 e. The van der Waals surface area contributed by atoms with Crippen LogP contribution in [0.2, 0.25) is 0 Å². The number of phenolic OH excluding ortho intramolecular Hbond substituents is 2. The Hall–Kier alpha value is -3.39. The number of allylic oxidation sites excluding steroid dienone is 4. The Morgan fingerprint density at radius 2 is 1.97 bits per heavy atom. The Balaban J connectivity index is 1.96. The molecule has 2 unspecified atom stereocenters. The molecular weight excluding hydrogens is 412 g/mol. The van der Waals surface area contributed by atoms with Gasteiger partial charge in [-0.15, -0.1) is 0 Å². The largest absolute Gasteiger partial charge is 0.507 e. The summed E-state index contributed by atoms with van der Waals surface area (Å²) in [5, 5.41) is 30.1. The van der Waals surface area contributed by atoms with E-state index in [0.717, 1.165) is 5.71 Å². The summed E-state index contributed by atoms with van der Waals surface area (Å²) in [5.74, 6) is -1.60. The molecule has 1 aromatic rings. The number of methoxy groups -OCH3 is 1. The molecule has 1 aromatic carbocycles. The zero-order valence-electron chi connectivity index (χ0n) is 18.5. The van der Waals surface area contributed by atoms with E-state index in [1.165, 1.54) is 13.2 Å². The number of ketones is 2. The molecule has 0 amide bonds. The second-order valence-corrected chi connectivity index (χ2v) is 8.21. The van der Waals surface area contributed by atoms with Crippen LogP contribution in [0.1, 0.15) is 65.1 Å². The van der Waals surface area contributed by atoms with E-state index in [1.54, 1.807) is 13.0 Å². The first-order valence-electron chi connectivity index (χ1n) is 10.5. The van der Waals surface area contributed by atoms with Crippen molar-refractivity contribution in [3.63, 3.8) is 0 Å². The van der Waals surface area contributed by atoms with Gasteiger partial charge in [-0.3, -0.25) is 14.9 Å². The van der Waals surface area contributed by atoms with Crippen molar-refractivity contribution in [2.24, 2.45) is 5.16 Å². The Bertz CT molecular complexity index is 1160. The first-order valence-corrected chi connectivity index (χ1v) is 10.5. The number of nitrogens with zero attached hydrogens (tertiary/aromatic N) is 1. The third-order valence-corrected chi connectivity index (χ3v) is 6.43. The molecule has 0 spiro atoms. The maximum atomic E-state index is 13.5. The normalized spacial score (nSPS) is 25.7. The Morgan fingerprint density at radius 3 is 2.56 bits per heavy atom. The van der Waals surface area contributed by atoms with Crippen molar-refractivity contribution in [1.29, 1.82) is 0 Å². The van der Waals surface area contributed by atoms with Gasteiger partial charge >= 0.3 is 0 Å². The number of hydrogen-bond acceptors (Lipinski definition) is 8. The van der Waals surface area contributed by atoms with Crippen LogP contribution in [-0.4, -0.2) is 46.7 Å². The van der Waals surface area contributed by atoms with Crippen molar-refractivity contribution in [3.05, 3.63) is 57.9 Å². The minimum atomic E-state index is -0.608. The van der Waals surface area contributed by atoms with Crippen LogP contribution in [0.15, 0.2) is 40.8 Å². The lowest BCUT2D eigenvalue weighted by atomic mass is 9.76. The molecule has 168 valence electrons. The van der Waals surface area contributed by atoms with Crippen LogP contribution in [0.25, 0.3) is 0 Å². The van der Waals surface area contributed by atoms with Gasteiger partial charge in [-0.05, 0) is 33.3 Å². The summed E-state index contributed by atoms with van der Waals surface area (Å²) in [6, 6.07) is -0.390. The molecule has 2 atom stereocenters. The number of carbonyl (C=O) groups excluding carboxylic acids is 2. The second-order valence-electron chi connectivity index (χ2n) is 8.21. The Morgan fingerprint density at radius 1 is 1.28 bits per heavy atom. The molecule has 3 aliphatic rings. The number of phenols is 2. The average Bonchev–Trinajstić information content (AvgIpc) is 3.02. The van der Waals surface area contributed by atoms with Gasteiger partial charge < -0.3 is 19.8 Å². The Labute approximate surface area is 185 Å². The second kappa shape index (κ2) is 7.63. The Kier molecular flexibility index (Phi) is 5.21. The number of carbonyl (C=O) groups is 2. The van der Waals surface area contributed by atoms with E-state index in [1.807, 2.05) is 13.8 Å². The predicted octanol–water partition coefficient (Wildman–Crippen LogP) is 3.25. The van der Waals surface area contributed by atoms with Gasteiger partial charge in [0.05, 0.1) is 35.1 Å². The van der Waals surface area contributed by atoms with E-state index in [2.05, 4.69) is 17.1 Å². The molecule has 1 saturated heterocycles. The SMILES string of the molecule is C=CC1=C(/C(=C\C)OC)C(=O)c2c(O)c3c(c(O)c2C1=O)CC1(C)NC3CC1=NOCC. The minimum absolute atomic E-state index is 0.00998. The van der Waals surface area contributed by atoms with Crippen molar-refractivity contribution in [2.45, 2.75) is 45.2 Å². The van der Waals surface area contributed by atoms with E-state index < -0.39 is 17.1 Å². The summed E-state index contributed by atoms with van der Waals surface area (Å²) in [7, 11) is 1.39. The van der Waals surface area contributed by atoms with Crippen LogP contribution < -0.4 is 5.32 Å². The molecule has 8 nitrogen and oxygen atoms in total. The quantitative estimate of drug-likeness (QED) is 0.367. The van der Waals surface area contributed by atoms with Crippen LogP contribution in [0.4, 0.5) is 0 Å². The van der Waals surface area contributed by atoms with Gasteiger partial charge in [0.15, 0.2) is 5.78 Å². The predicted molar refractivity (Wildman–Crippen MR) is 118 cm³/mol. The summed E-state index contributed by atoms with van der Waals surface area (Å²) in [5.41, 5.74) is 0.584. The van der Waals surface area contributed by atoms with Gasteiger partial charge in [0.25, 0.3) is 0 Å². The molecule has 4 rings (SSSR count). The minimum Gasteiger partial charge on any atom is -0.507 e. The lowest BCUT2D eigenvalue weighted by molar-refractivity contribution is 0.0966. The highest BCUT2D eigenvalue weighted by Crippen LogP contribution is 2.52. The number of hydrogen-bond donors (Lipinski definition) is 3. The summed E-state index contributed by atoms with van der Waals surface area (Å²) in [6.07, 6.45) is 3.55. The highest BCUT2D eigenvalue weighted by molar-refractivity contribution is 6.31. The van der Waals surface area contributed by atoms with Gasteiger partial charge in [0.2, 0.25) is 5.78 Å². The molecule has 1 fully saturated rings. The highest BCUT2D eigenvalue weighted by Gasteiger charge is 2.51. The molecule has 3 N–H and O–H groups in total. The molecule has 2 heterocycles. The van der Waals surface area contributed by atoms with Gasteiger partial charge in [-0.1, -0.05) is 17.8 Å². The van der Waals surface area contributed by atoms with E-state index in [0.29, 0.717) is 24.2 Å². The summed E-state index contributed by atoms with van der Waals surface area (Å²) < 4.78 is 5.30. The van der Waals surface area contributed by atoms with E-state index in [4.69, 9.17) is 9.57 Å². The van der Waals surface area contributed by atoms with Crippen LogP contribution in [0, 0.1) is 0 Å². The number of Topliss-reactive ketones (excluding diaryl/α,β-unsaturated/α-hetero) is 2. The third kappa shape index (κ3) is 2.82. The van der Waals surface area contributed by atoms with Crippen LogP contribution in [0.5, 0.6) is 11.5 Å². The van der Waals surface area contributed by atoms with Crippen molar-refractivity contribution in [3.8, 4) is 11.5 Å². The van der Waals surface area contributed by atoms with Crippen LogP contribution in [0.3, 0.4) is 0 Å². The molecule has 2 bridgehead atoms. The van der Waals surface area contributed by atoms with E-state index >= 15 is 0 Å². The van der Waals surface area contributed by atoms with Crippen molar-refractivity contribution in [1.82, 2.24) is 5.32 Å². The number of benzene rings is 1. The zero-order valence-corrected chi connectivity index (χ0v) is 18.5. The third-order valence-electron chi connectivity index (χ3n) is 6.43.